The number of nitrogens with two attached hydrogens (primary N) is 1. The van der Waals surface area contributed by atoms with Crippen molar-refractivity contribution < 1.29 is 13.2 Å². The van der Waals surface area contributed by atoms with Crippen LogP contribution >= 0.6 is 0 Å². The van der Waals surface area contributed by atoms with E-state index in [1.54, 1.807) is 0 Å². The normalized spacial score (nSPS) is 11.8. The van der Waals surface area contributed by atoms with Crippen LogP contribution in [0.4, 0.5) is 13.2 Å². The van der Waals surface area contributed by atoms with Crippen LogP contribution in [0.25, 0.3) is 5.69 Å². The number of benzene rings is 1. The number of hydrogen-bond donors (Lipinski definition) is 1. The lowest BCUT2D eigenvalue weighted by molar-refractivity contribution is -0.137. The van der Waals surface area contributed by atoms with Crippen molar-refractivity contribution in [1.82, 2.24) is 14.8 Å². The van der Waals surface area contributed by atoms with Crippen molar-refractivity contribution in [3.05, 3.63) is 42.0 Å². The van der Waals surface area contributed by atoms with Crippen molar-refractivity contribution in [3.8, 4) is 5.69 Å². The SMILES string of the molecule is NCc1ccc(-n2cncn2)c(C(F)(F)F)c1. The molecule has 0 aliphatic carbocycles. The number of rotatable bonds is 2. The largest absolute Gasteiger partial charge is 0.418 e. The smallest absolute Gasteiger partial charge is 0.326 e. The molecule has 0 saturated heterocycles. The fourth-order valence-electron chi connectivity index (χ4n) is 1.47. The van der Waals surface area contributed by atoms with Gasteiger partial charge in [0, 0.05) is 6.54 Å². The highest BCUT2D eigenvalue weighted by Crippen LogP contribution is 2.34. The van der Waals surface area contributed by atoms with Gasteiger partial charge in [0.2, 0.25) is 0 Å². The van der Waals surface area contributed by atoms with Crippen molar-refractivity contribution in [3.63, 3.8) is 0 Å². The summed E-state index contributed by atoms with van der Waals surface area (Å²) in [6.45, 7) is 0.0563. The summed E-state index contributed by atoms with van der Waals surface area (Å²) in [4.78, 5) is 3.62. The first-order valence-corrected chi connectivity index (χ1v) is 4.77. The first-order chi connectivity index (χ1) is 8.02. The van der Waals surface area contributed by atoms with Crippen LogP contribution in [0.5, 0.6) is 0 Å². The Morgan fingerprint density at radius 2 is 2.06 bits per heavy atom. The van der Waals surface area contributed by atoms with Crippen LogP contribution in [-0.2, 0) is 12.7 Å². The van der Waals surface area contributed by atoms with Gasteiger partial charge in [-0.1, -0.05) is 6.07 Å². The topological polar surface area (TPSA) is 56.7 Å². The summed E-state index contributed by atoms with van der Waals surface area (Å²) in [7, 11) is 0. The average molecular weight is 242 g/mol. The molecule has 1 heterocycles. The second-order valence-electron chi connectivity index (χ2n) is 3.39. The molecule has 0 amide bonds. The molecule has 2 N–H and O–H groups in total. The molecule has 0 spiro atoms. The summed E-state index contributed by atoms with van der Waals surface area (Å²) in [6.07, 6.45) is -2.06. The van der Waals surface area contributed by atoms with E-state index < -0.39 is 11.7 Å². The van der Waals surface area contributed by atoms with E-state index in [1.807, 2.05) is 0 Å². The Labute approximate surface area is 94.9 Å². The molecule has 0 atom stereocenters. The van der Waals surface area contributed by atoms with Crippen molar-refractivity contribution in [2.24, 2.45) is 5.73 Å². The molecule has 2 aromatic rings. The quantitative estimate of drug-likeness (QED) is 0.872. The van der Waals surface area contributed by atoms with E-state index >= 15 is 0 Å². The zero-order chi connectivity index (χ0) is 12.5. The lowest BCUT2D eigenvalue weighted by Crippen LogP contribution is -2.12. The number of aromatic nitrogens is 3. The summed E-state index contributed by atoms with van der Waals surface area (Å²) < 4.78 is 39.6. The highest BCUT2D eigenvalue weighted by molar-refractivity contribution is 5.44. The maximum atomic E-state index is 12.9. The van der Waals surface area contributed by atoms with Crippen LogP contribution in [0.15, 0.2) is 30.9 Å². The van der Waals surface area contributed by atoms with E-state index in [-0.39, 0.29) is 12.2 Å². The van der Waals surface area contributed by atoms with E-state index in [2.05, 4.69) is 10.1 Å². The summed E-state index contributed by atoms with van der Waals surface area (Å²) in [5.74, 6) is 0. The molecule has 0 radical (unpaired) electrons. The average Bonchev–Trinajstić information content (AvgIpc) is 2.80. The fraction of sp³-hybridized carbons (Fsp3) is 0.200. The molecule has 4 nitrogen and oxygen atoms in total. The summed E-state index contributed by atoms with van der Waals surface area (Å²) in [5.41, 5.74) is 4.91. The molecule has 17 heavy (non-hydrogen) atoms. The molecule has 0 aliphatic heterocycles. The molecule has 1 aromatic heterocycles. The Kier molecular flexibility index (Phi) is 2.84. The van der Waals surface area contributed by atoms with E-state index in [0.717, 1.165) is 10.7 Å². The van der Waals surface area contributed by atoms with Crippen LogP contribution in [0, 0.1) is 0 Å². The summed E-state index contributed by atoms with van der Waals surface area (Å²) in [5, 5.41) is 3.69. The third kappa shape index (κ3) is 2.28. The summed E-state index contributed by atoms with van der Waals surface area (Å²) in [6, 6.07) is 3.89. The van der Waals surface area contributed by atoms with Crippen molar-refractivity contribution in [2.45, 2.75) is 12.7 Å². The summed E-state index contributed by atoms with van der Waals surface area (Å²) >= 11 is 0. The van der Waals surface area contributed by atoms with Gasteiger partial charge in [0.05, 0.1) is 11.3 Å². The van der Waals surface area contributed by atoms with Crippen LogP contribution < -0.4 is 5.73 Å². The van der Waals surface area contributed by atoms with Gasteiger partial charge >= 0.3 is 6.18 Å². The van der Waals surface area contributed by atoms with Gasteiger partial charge in [-0.2, -0.15) is 18.3 Å². The molecule has 2 rings (SSSR count). The Balaban J connectivity index is 2.59. The van der Waals surface area contributed by atoms with Crippen LogP contribution in [-0.4, -0.2) is 14.8 Å². The van der Waals surface area contributed by atoms with Crippen LogP contribution in [0.3, 0.4) is 0 Å². The number of alkyl halides is 3. The Morgan fingerprint density at radius 3 is 2.59 bits per heavy atom. The van der Waals surface area contributed by atoms with Gasteiger partial charge in [-0.15, -0.1) is 0 Å². The Hall–Kier alpha value is -1.89. The second kappa shape index (κ2) is 4.17. The van der Waals surface area contributed by atoms with Gasteiger partial charge in [0.25, 0.3) is 0 Å². The molecule has 1 aromatic carbocycles. The molecular formula is C10H9F3N4. The molecular weight excluding hydrogens is 233 g/mol. The van der Waals surface area contributed by atoms with E-state index in [1.165, 1.54) is 24.8 Å². The molecule has 90 valence electrons. The lowest BCUT2D eigenvalue weighted by atomic mass is 10.1. The molecule has 0 saturated carbocycles. The molecule has 0 aliphatic rings. The lowest BCUT2D eigenvalue weighted by Gasteiger charge is -2.13. The van der Waals surface area contributed by atoms with E-state index in [9.17, 15) is 13.2 Å². The number of halogens is 3. The predicted octanol–water partition coefficient (Wildman–Crippen LogP) is 1.74. The molecule has 7 heteroatoms. The fourth-order valence-corrected chi connectivity index (χ4v) is 1.47. The third-order valence-electron chi connectivity index (χ3n) is 2.27. The molecule has 0 unspecified atom stereocenters. The first-order valence-electron chi connectivity index (χ1n) is 4.77. The number of hydrogen-bond acceptors (Lipinski definition) is 3. The zero-order valence-corrected chi connectivity index (χ0v) is 8.65. The van der Waals surface area contributed by atoms with E-state index in [4.69, 9.17) is 5.73 Å². The Morgan fingerprint density at radius 1 is 1.29 bits per heavy atom. The highest BCUT2D eigenvalue weighted by Gasteiger charge is 2.34. The standard InChI is InChI=1S/C10H9F3N4/c11-10(12,13)8-3-7(4-14)1-2-9(8)17-6-15-5-16-17/h1-3,5-6H,4,14H2. The minimum Gasteiger partial charge on any atom is -0.326 e. The van der Waals surface area contributed by atoms with Gasteiger partial charge in [-0.05, 0) is 17.7 Å². The molecule has 0 fully saturated rings. The third-order valence-corrected chi connectivity index (χ3v) is 2.27. The van der Waals surface area contributed by atoms with Gasteiger partial charge in [0.1, 0.15) is 12.7 Å². The predicted molar refractivity (Wildman–Crippen MR) is 54.3 cm³/mol. The highest BCUT2D eigenvalue weighted by atomic mass is 19.4. The number of nitrogens with zero attached hydrogens (tertiary/aromatic N) is 3. The van der Waals surface area contributed by atoms with Gasteiger partial charge in [-0.25, -0.2) is 9.67 Å². The zero-order valence-electron chi connectivity index (χ0n) is 8.65. The maximum absolute atomic E-state index is 12.9. The second-order valence-corrected chi connectivity index (χ2v) is 3.39. The maximum Gasteiger partial charge on any atom is 0.418 e. The first kappa shape index (κ1) is 11.6. The van der Waals surface area contributed by atoms with Crippen molar-refractivity contribution in [1.29, 1.82) is 0 Å². The molecule has 0 bridgehead atoms. The monoisotopic (exact) mass is 242 g/mol. The van der Waals surface area contributed by atoms with Crippen molar-refractivity contribution in [2.75, 3.05) is 0 Å². The van der Waals surface area contributed by atoms with Gasteiger partial charge < -0.3 is 5.73 Å². The van der Waals surface area contributed by atoms with Crippen molar-refractivity contribution >= 4 is 0 Å². The van der Waals surface area contributed by atoms with E-state index in [0.29, 0.717) is 5.56 Å². The van der Waals surface area contributed by atoms with Gasteiger partial charge in [0.15, 0.2) is 0 Å². The minimum absolute atomic E-state index is 0.0563. The van der Waals surface area contributed by atoms with Crippen LogP contribution in [0.1, 0.15) is 11.1 Å². The van der Waals surface area contributed by atoms with Gasteiger partial charge in [-0.3, -0.25) is 0 Å². The minimum atomic E-state index is -4.45. The Bertz CT molecular complexity index is 505. The van der Waals surface area contributed by atoms with Crippen LogP contribution in [0.2, 0.25) is 0 Å².